The number of nitrogens with one attached hydrogen (secondary N) is 1. The van der Waals surface area contributed by atoms with E-state index in [0.29, 0.717) is 24.9 Å². The predicted molar refractivity (Wildman–Crippen MR) is 88.0 cm³/mol. The highest BCUT2D eigenvalue weighted by molar-refractivity contribution is 5.77. The molecule has 0 bridgehead atoms. The van der Waals surface area contributed by atoms with Crippen LogP contribution in [0.3, 0.4) is 0 Å². The Hall–Kier alpha value is -0.570. The number of nitrogens with two attached hydrogens (primary N) is 1. The Bertz CT molecular complexity index is 315. The van der Waals surface area contributed by atoms with Crippen LogP contribution in [-0.4, -0.2) is 18.5 Å². The van der Waals surface area contributed by atoms with Gasteiger partial charge in [0.15, 0.2) is 0 Å². The molecule has 0 aliphatic heterocycles. The summed E-state index contributed by atoms with van der Waals surface area (Å²) in [5.74, 6) is 0.913. The van der Waals surface area contributed by atoms with Crippen molar-refractivity contribution in [2.24, 2.45) is 17.1 Å². The number of carbonyl (C=O) groups is 1. The fourth-order valence-corrected chi connectivity index (χ4v) is 4.33. The van der Waals surface area contributed by atoms with E-state index in [2.05, 4.69) is 12.2 Å². The van der Waals surface area contributed by atoms with Gasteiger partial charge in [0, 0.05) is 12.5 Å². The molecule has 3 N–H and O–H groups in total. The number of rotatable bonds is 5. The number of hydrogen-bond donors (Lipinski definition) is 2. The lowest BCUT2D eigenvalue weighted by Gasteiger charge is -2.36. The zero-order valence-electron chi connectivity index (χ0n) is 13.8. The Kier molecular flexibility index (Phi) is 6.53. The first-order valence-corrected chi connectivity index (χ1v) is 9.15. The van der Waals surface area contributed by atoms with Crippen LogP contribution in [0.15, 0.2) is 0 Å². The van der Waals surface area contributed by atoms with Gasteiger partial charge in [0.05, 0.1) is 0 Å². The van der Waals surface area contributed by atoms with E-state index in [1.807, 2.05) is 0 Å². The second kappa shape index (κ2) is 8.17. The third-order valence-corrected chi connectivity index (χ3v) is 5.88. The molecule has 2 rings (SSSR count). The van der Waals surface area contributed by atoms with Crippen LogP contribution in [0.2, 0.25) is 0 Å². The van der Waals surface area contributed by atoms with Gasteiger partial charge in [-0.3, -0.25) is 4.79 Å². The molecule has 2 aliphatic carbocycles. The molecule has 0 radical (unpaired) electrons. The molecule has 0 spiro atoms. The van der Waals surface area contributed by atoms with Crippen LogP contribution in [0.25, 0.3) is 0 Å². The van der Waals surface area contributed by atoms with Crippen molar-refractivity contribution in [3.05, 3.63) is 0 Å². The van der Waals surface area contributed by atoms with Crippen molar-refractivity contribution < 1.29 is 4.79 Å². The van der Waals surface area contributed by atoms with Crippen molar-refractivity contribution in [1.29, 1.82) is 0 Å². The smallest absolute Gasteiger partial charge is 0.220 e. The number of hydrogen-bond acceptors (Lipinski definition) is 2. The van der Waals surface area contributed by atoms with Crippen LogP contribution in [0, 0.1) is 11.3 Å². The normalized spacial score (nSPS) is 25.0. The Morgan fingerprint density at radius 3 is 2.24 bits per heavy atom. The predicted octanol–water partition coefficient (Wildman–Crippen LogP) is 3.76. The van der Waals surface area contributed by atoms with Crippen molar-refractivity contribution in [2.45, 2.75) is 90.0 Å². The third-order valence-electron chi connectivity index (χ3n) is 5.88. The number of amides is 1. The average molecular weight is 294 g/mol. The topological polar surface area (TPSA) is 55.1 Å². The molecule has 2 fully saturated rings. The van der Waals surface area contributed by atoms with E-state index in [1.54, 1.807) is 0 Å². The first kappa shape index (κ1) is 16.8. The SMILES string of the molecule is C[C@H](NC(=O)CC1(CN)CCCCC1)C1CCCCCC1. The van der Waals surface area contributed by atoms with Crippen molar-refractivity contribution in [1.82, 2.24) is 5.32 Å². The van der Waals surface area contributed by atoms with Crippen molar-refractivity contribution in [3.8, 4) is 0 Å². The molecule has 0 aromatic rings. The van der Waals surface area contributed by atoms with E-state index in [9.17, 15) is 4.79 Å². The zero-order chi connectivity index (χ0) is 15.1. The van der Waals surface area contributed by atoms with Crippen molar-refractivity contribution in [3.63, 3.8) is 0 Å². The molecule has 3 heteroatoms. The summed E-state index contributed by atoms with van der Waals surface area (Å²) in [4.78, 5) is 12.4. The number of carbonyl (C=O) groups excluding carboxylic acids is 1. The maximum absolute atomic E-state index is 12.4. The van der Waals surface area contributed by atoms with Gasteiger partial charge in [0.1, 0.15) is 0 Å². The summed E-state index contributed by atoms with van der Waals surface area (Å²) in [5.41, 5.74) is 6.09. The highest BCUT2D eigenvalue weighted by Gasteiger charge is 2.33. The molecule has 122 valence electrons. The Morgan fingerprint density at radius 2 is 1.67 bits per heavy atom. The van der Waals surface area contributed by atoms with Crippen LogP contribution >= 0.6 is 0 Å². The maximum Gasteiger partial charge on any atom is 0.220 e. The van der Waals surface area contributed by atoms with E-state index in [1.165, 1.54) is 57.8 Å². The summed E-state index contributed by atoms with van der Waals surface area (Å²) >= 11 is 0. The second-order valence-corrected chi connectivity index (χ2v) is 7.55. The van der Waals surface area contributed by atoms with Crippen molar-refractivity contribution >= 4 is 5.91 Å². The molecular weight excluding hydrogens is 260 g/mol. The van der Waals surface area contributed by atoms with Crippen LogP contribution in [0.4, 0.5) is 0 Å². The van der Waals surface area contributed by atoms with Crippen LogP contribution in [0.5, 0.6) is 0 Å². The van der Waals surface area contributed by atoms with Gasteiger partial charge < -0.3 is 11.1 Å². The highest BCUT2D eigenvalue weighted by Crippen LogP contribution is 2.38. The van der Waals surface area contributed by atoms with E-state index in [4.69, 9.17) is 5.73 Å². The Morgan fingerprint density at radius 1 is 1.10 bits per heavy atom. The van der Waals surface area contributed by atoms with Gasteiger partial charge in [-0.25, -0.2) is 0 Å². The van der Waals surface area contributed by atoms with E-state index < -0.39 is 0 Å². The Balaban J connectivity index is 1.82. The first-order chi connectivity index (χ1) is 10.2. The van der Waals surface area contributed by atoms with Gasteiger partial charge in [0.25, 0.3) is 0 Å². The zero-order valence-corrected chi connectivity index (χ0v) is 13.8. The van der Waals surface area contributed by atoms with E-state index in [-0.39, 0.29) is 11.3 Å². The summed E-state index contributed by atoms with van der Waals surface area (Å²) in [7, 11) is 0. The van der Waals surface area contributed by atoms with Crippen LogP contribution in [0.1, 0.15) is 84.0 Å². The minimum atomic E-state index is 0.0888. The quantitative estimate of drug-likeness (QED) is 0.759. The van der Waals surface area contributed by atoms with E-state index in [0.717, 1.165) is 12.8 Å². The van der Waals surface area contributed by atoms with Gasteiger partial charge >= 0.3 is 0 Å². The minimum Gasteiger partial charge on any atom is -0.353 e. The van der Waals surface area contributed by atoms with Crippen LogP contribution in [-0.2, 0) is 4.79 Å². The van der Waals surface area contributed by atoms with E-state index >= 15 is 0 Å². The maximum atomic E-state index is 12.4. The molecule has 3 nitrogen and oxygen atoms in total. The lowest BCUT2D eigenvalue weighted by atomic mass is 9.71. The Labute approximate surface area is 130 Å². The lowest BCUT2D eigenvalue weighted by Crippen LogP contribution is -2.43. The van der Waals surface area contributed by atoms with Crippen LogP contribution < -0.4 is 11.1 Å². The minimum absolute atomic E-state index is 0.0888. The first-order valence-electron chi connectivity index (χ1n) is 9.15. The molecule has 2 aliphatic rings. The van der Waals surface area contributed by atoms with Gasteiger partial charge in [-0.1, -0.05) is 44.9 Å². The fraction of sp³-hybridized carbons (Fsp3) is 0.944. The molecule has 0 saturated heterocycles. The largest absolute Gasteiger partial charge is 0.353 e. The average Bonchev–Trinajstić information content (AvgIpc) is 2.77. The van der Waals surface area contributed by atoms with Gasteiger partial charge in [-0.2, -0.15) is 0 Å². The van der Waals surface area contributed by atoms with Crippen molar-refractivity contribution in [2.75, 3.05) is 6.54 Å². The molecule has 1 atom stereocenters. The lowest BCUT2D eigenvalue weighted by molar-refractivity contribution is -0.124. The summed E-state index contributed by atoms with van der Waals surface area (Å²) in [6.07, 6.45) is 14.7. The molecule has 21 heavy (non-hydrogen) atoms. The second-order valence-electron chi connectivity index (χ2n) is 7.55. The summed E-state index contributed by atoms with van der Waals surface area (Å²) in [5, 5.41) is 3.29. The standard InChI is InChI=1S/C18H34N2O/c1-15(16-9-5-2-3-6-10-16)20-17(21)13-18(14-19)11-7-4-8-12-18/h15-16H,2-14,19H2,1H3,(H,20,21)/t15-/m0/s1. The molecule has 0 aromatic carbocycles. The summed E-state index contributed by atoms with van der Waals surface area (Å²) in [6, 6.07) is 0.328. The molecule has 0 aromatic heterocycles. The summed E-state index contributed by atoms with van der Waals surface area (Å²) in [6.45, 7) is 2.86. The third kappa shape index (κ3) is 4.98. The highest BCUT2D eigenvalue weighted by atomic mass is 16.1. The van der Waals surface area contributed by atoms with Gasteiger partial charge in [0.2, 0.25) is 5.91 Å². The monoisotopic (exact) mass is 294 g/mol. The molecule has 0 heterocycles. The van der Waals surface area contributed by atoms with Gasteiger partial charge in [-0.15, -0.1) is 0 Å². The molecule has 1 amide bonds. The molecule has 2 saturated carbocycles. The summed E-state index contributed by atoms with van der Waals surface area (Å²) < 4.78 is 0. The molecule has 0 unspecified atom stereocenters. The van der Waals surface area contributed by atoms with Gasteiger partial charge in [-0.05, 0) is 50.5 Å². The fourth-order valence-electron chi connectivity index (χ4n) is 4.33. The molecular formula is C18H34N2O.